The molecule has 2 heteroatoms. The number of hydrogen-bond acceptors (Lipinski definition) is 2. The van der Waals surface area contributed by atoms with E-state index in [2.05, 4.69) is 42.5 Å². The van der Waals surface area contributed by atoms with Crippen LogP contribution in [0.15, 0.2) is 18.2 Å². The SMILES string of the molecule is CNC(CCC1CCCCC1)c1cccc(C)n1. The number of nitrogens with zero attached hydrogens (tertiary/aromatic N) is 1. The van der Waals surface area contributed by atoms with E-state index in [1.165, 1.54) is 50.6 Å². The molecule has 100 valence electrons. The number of aromatic nitrogens is 1. The standard InChI is InChI=1S/C16H26N2/c1-13-7-6-10-16(18-13)15(17-2)12-11-14-8-4-3-5-9-14/h6-7,10,14-15,17H,3-5,8-9,11-12H2,1-2H3. The van der Waals surface area contributed by atoms with Crippen molar-refractivity contribution in [2.75, 3.05) is 7.05 Å². The largest absolute Gasteiger partial charge is 0.312 e. The van der Waals surface area contributed by atoms with Crippen LogP contribution in [-0.4, -0.2) is 12.0 Å². The highest BCUT2D eigenvalue weighted by atomic mass is 14.9. The quantitative estimate of drug-likeness (QED) is 0.849. The predicted octanol–water partition coefficient (Wildman–Crippen LogP) is 4.01. The first-order valence-electron chi connectivity index (χ1n) is 7.40. The van der Waals surface area contributed by atoms with E-state index in [0.29, 0.717) is 6.04 Å². The number of pyridine rings is 1. The van der Waals surface area contributed by atoms with Crippen LogP contribution < -0.4 is 5.32 Å². The average Bonchev–Trinajstić information content (AvgIpc) is 2.41. The monoisotopic (exact) mass is 246 g/mol. The number of nitrogens with one attached hydrogen (secondary N) is 1. The van der Waals surface area contributed by atoms with Crippen molar-refractivity contribution >= 4 is 0 Å². The Morgan fingerprint density at radius 2 is 2.06 bits per heavy atom. The summed E-state index contributed by atoms with van der Waals surface area (Å²) in [4.78, 5) is 4.65. The van der Waals surface area contributed by atoms with Gasteiger partial charge in [0.05, 0.1) is 5.69 Å². The Bertz CT molecular complexity index is 356. The summed E-state index contributed by atoms with van der Waals surface area (Å²) in [6.45, 7) is 2.07. The minimum Gasteiger partial charge on any atom is -0.312 e. The lowest BCUT2D eigenvalue weighted by Crippen LogP contribution is -2.19. The maximum atomic E-state index is 4.65. The molecule has 0 radical (unpaired) electrons. The highest BCUT2D eigenvalue weighted by Gasteiger charge is 2.17. The van der Waals surface area contributed by atoms with Gasteiger partial charge in [-0.15, -0.1) is 0 Å². The molecule has 1 aliphatic carbocycles. The molecule has 1 heterocycles. The molecular weight excluding hydrogens is 220 g/mol. The lowest BCUT2D eigenvalue weighted by Gasteiger charge is -2.24. The third kappa shape index (κ3) is 3.81. The summed E-state index contributed by atoms with van der Waals surface area (Å²) < 4.78 is 0. The van der Waals surface area contributed by atoms with E-state index in [1.807, 2.05) is 0 Å². The van der Waals surface area contributed by atoms with Gasteiger partial charge in [-0.1, -0.05) is 38.2 Å². The van der Waals surface area contributed by atoms with Crippen molar-refractivity contribution in [3.05, 3.63) is 29.6 Å². The normalized spacial score (nSPS) is 18.8. The highest BCUT2D eigenvalue weighted by Crippen LogP contribution is 2.29. The molecule has 1 aliphatic rings. The Morgan fingerprint density at radius 1 is 1.28 bits per heavy atom. The van der Waals surface area contributed by atoms with Crippen LogP contribution in [0.3, 0.4) is 0 Å². The summed E-state index contributed by atoms with van der Waals surface area (Å²) in [6, 6.07) is 6.75. The second kappa shape index (κ2) is 6.89. The van der Waals surface area contributed by atoms with E-state index in [1.54, 1.807) is 0 Å². The maximum absolute atomic E-state index is 4.65. The second-order valence-electron chi connectivity index (χ2n) is 5.63. The van der Waals surface area contributed by atoms with Crippen LogP contribution in [0.2, 0.25) is 0 Å². The number of aryl methyl sites for hydroxylation is 1. The molecule has 2 rings (SSSR count). The Balaban J connectivity index is 1.88. The lowest BCUT2D eigenvalue weighted by molar-refractivity contribution is 0.316. The summed E-state index contributed by atoms with van der Waals surface area (Å²) >= 11 is 0. The Labute approximate surface area is 111 Å². The lowest BCUT2D eigenvalue weighted by atomic mass is 9.85. The van der Waals surface area contributed by atoms with Crippen LogP contribution in [0, 0.1) is 12.8 Å². The van der Waals surface area contributed by atoms with Gasteiger partial charge in [-0.25, -0.2) is 0 Å². The van der Waals surface area contributed by atoms with Crippen molar-refractivity contribution in [2.24, 2.45) is 5.92 Å². The summed E-state index contributed by atoms with van der Waals surface area (Å²) in [5, 5.41) is 3.42. The predicted molar refractivity (Wildman–Crippen MR) is 76.6 cm³/mol. The summed E-state index contributed by atoms with van der Waals surface area (Å²) in [5.74, 6) is 0.958. The van der Waals surface area contributed by atoms with E-state index in [9.17, 15) is 0 Å². The molecule has 1 unspecified atom stereocenters. The fraction of sp³-hybridized carbons (Fsp3) is 0.688. The minimum absolute atomic E-state index is 0.423. The Morgan fingerprint density at radius 3 is 2.72 bits per heavy atom. The first-order chi connectivity index (χ1) is 8.79. The summed E-state index contributed by atoms with van der Waals surface area (Å²) in [5.41, 5.74) is 2.32. The van der Waals surface area contributed by atoms with Gasteiger partial charge in [-0.05, 0) is 44.9 Å². The maximum Gasteiger partial charge on any atom is 0.0576 e. The van der Waals surface area contributed by atoms with Gasteiger partial charge < -0.3 is 5.32 Å². The first-order valence-corrected chi connectivity index (χ1v) is 7.40. The molecule has 0 aliphatic heterocycles. The van der Waals surface area contributed by atoms with Gasteiger partial charge >= 0.3 is 0 Å². The van der Waals surface area contributed by atoms with Crippen molar-refractivity contribution in [3.63, 3.8) is 0 Å². The second-order valence-corrected chi connectivity index (χ2v) is 5.63. The van der Waals surface area contributed by atoms with Gasteiger partial charge in [-0.2, -0.15) is 0 Å². The number of rotatable bonds is 5. The molecule has 0 spiro atoms. The van der Waals surface area contributed by atoms with Crippen LogP contribution in [0.1, 0.15) is 62.4 Å². The molecule has 18 heavy (non-hydrogen) atoms. The zero-order chi connectivity index (χ0) is 12.8. The molecule has 2 nitrogen and oxygen atoms in total. The van der Waals surface area contributed by atoms with E-state index in [0.717, 1.165) is 11.6 Å². The molecule has 1 aromatic rings. The van der Waals surface area contributed by atoms with Gasteiger partial charge in [-0.3, -0.25) is 4.98 Å². The van der Waals surface area contributed by atoms with Gasteiger partial charge in [0.1, 0.15) is 0 Å². The fourth-order valence-electron chi connectivity index (χ4n) is 3.08. The van der Waals surface area contributed by atoms with E-state index >= 15 is 0 Å². The van der Waals surface area contributed by atoms with Crippen LogP contribution in [-0.2, 0) is 0 Å². The van der Waals surface area contributed by atoms with E-state index in [-0.39, 0.29) is 0 Å². The zero-order valence-corrected chi connectivity index (χ0v) is 11.8. The van der Waals surface area contributed by atoms with Gasteiger partial charge in [0.15, 0.2) is 0 Å². The average molecular weight is 246 g/mol. The molecule has 1 N–H and O–H groups in total. The topological polar surface area (TPSA) is 24.9 Å². The number of hydrogen-bond donors (Lipinski definition) is 1. The Hall–Kier alpha value is -0.890. The molecule has 1 aromatic heterocycles. The van der Waals surface area contributed by atoms with Gasteiger partial charge in [0, 0.05) is 11.7 Å². The molecule has 1 saturated carbocycles. The minimum atomic E-state index is 0.423. The van der Waals surface area contributed by atoms with Crippen molar-refractivity contribution in [3.8, 4) is 0 Å². The summed E-state index contributed by atoms with van der Waals surface area (Å²) in [6.07, 6.45) is 9.79. The van der Waals surface area contributed by atoms with Crippen LogP contribution in [0.5, 0.6) is 0 Å². The molecule has 0 amide bonds. The van der Waals surface area contributed by atoms with E-state index < -0.39 is 0 Å². The zero-order valence-electron chi connectivity index (χ0n) is 11.8. The fourth-order valence-corrected chi connectivity index (χ4v) is 3.08. The third-order valence-electron chi connectivity index (χ3n) is 4.20. The third-order valence-corrected chi connectivity index (χ3v) is 4.20. The molecule has 1 fully saturated rings. The molecule has 0 bridgehead atoms. The van der Waals surface area contributed by atoms with Gasteiger partial charge in [0.2, 0.25) is 0 Å². The van der Waals surface area contributed by atoms with Crippen molar-refractivity contribution < 1.29 is 0 Å². The van der Waals surface area contributed by atoms with Crippen molar-refractivity contribution in [1.29, 1.82) is 0 Å². The molecule has 0 saturated heterocycles. The molecule has 1 atom stereocenters. The van der Waals surface area contributed by atoms with Crippen LogP contribution in [0.25, 0.3) is 0 Å². The molecular formula is C16H26N2. The summed E-state index contributed by atoms with van der Waals surface area (Å²) in [7, 11) is 2.05. The highest BCUT2D eigenvalue weighted by molar-refractivity contribution is 5.13. The van der Waals surface area contributed by atoms with Crippen LogP contribution in [0.4, 0.5) is 0 Å². The van der Waals surface area contributed by atoms with E-state index in [4.69, 9.17) is 0 Å². The first kappa shape index (κ1) is 13.5. The smallest absolute Gasteiger partial charge is 0.0576 e. The Kier molecular flexibility index (Phi) is 5.18. The van der Waals surface area contributed by atoms with Gasteiger partial charge in [0.25, 0.3) is 0 Å². The molecule has 0 aromatic carbocycles. The van der Waals surface area contributed by atoms with Crippen molar-refractivity contribution in [2.45, 2.75) is 57.9 Å². The van der Waals surface area contributed by atoms with Crippen LogP contribution >= 0.6 is 0 Å². The van der Waals surface area contributed by atoms with Crippen molar-refractivity contribution in [1.82, 2.24) is 10.3 Å².